The van der Waals surface area contributed by atoms with Gasteiger partial charge in [0.05, 0.1) is 6.54 Å². The predicted molar refractivity (Wildman–Crippen MR) is 89.9 cm³/mol. The molecule has 0 heterocycles. The predicted octanol–water partition coefficient (Wildman–Crippen LogP) is 3.57. The number of amides is 2. The second-order valence-corrected chi connectivity index (χ2v) is 8.64. The van der Waals surface area contributed by atoms with Crippen molar-refractivity contribution < 1.29 is 41.0 Å². The van der Waals surface area contributed by atoms with Crippen LogP contribution in [0.15, 0.2) is 0 Å². The first-order valence-electron chi connectivity index (χ1n) is 8.55. The second kappa shape index (κ2) is 8.08. The van der Waals surface area contributed by atoms with Crippen LogP contribution in [0.2, 0.25) is 0 Å². The van der Waals surface area contributed by atoms with Crippen LogP contribution in [0, 0.1) is 10.8 Å². The Hall–Kier alpha value is -1.52. The fraction of sp³-hybridized carbons (Fsp3) is 0.882. The maximum absolute atomic E-state index is 13.8. The van der Waals surface area contributed by atoms with Crippen LogP contribution in [0.25, 0.3) is 0 Å². The number of nitrogens with zero attached hydrogens (tertiary/aromatic N) is 2. The SMILES string of the molecule is CCN(C(=O)C(C)(C)C)[C@](O)(CN(CC(F)(F)F)C(=O)C(C)(C)C)C(F)(F)F. The molecule has 0 spiro atoms. The lowest BCUT2D eigenvalue weighted by Gasteiger charge is -2.45. The summed E-state index contributed by atoms with van der Waals surface area (Å²) in [5.74, 6) is -2.36. The van der Waals surface area contributed by atoms with E-state index in [9.17, 15) is 41.0 Å². The molecular weight excluding hydrogens is 394 g/mol. The zero-order chi connectivity index (χ0) is 22.9. The molecule has 5 nitrogen and oxygen atoms in total. The van der Waals surface area contributed by atoms with Crippen molar-refractivity contribution in [2.75, 3.05) is 19.6 Å². The lowest BCUT2D eigenvalue weighted by Crippen LogP contribution is -2.68. The average molecular weight is 422 g/mol. The first-order chi connectivity index (χ1) is 12.1. The summed E-state index contributed by atoms with van der Waals surface area (Å²) in [6, 6.07) is 0. The Bertz CT molecular complexity index is 575. The Morgan fingerprint density at radius 2 is 1.18 bits per heavy atom. The first kappa shape index (κ1) is 26.5. The molecule has 0 fully saturated rings. The largest absolute Gasteiger partial charge is 0.438 e. The van der Waals surface area contributed by atoms with Crippen molar-refractivity contribution >= 4 is 11.8 Å². The van der Waals surface area contributed by atoms with Crippen LogP contribution in [0.5, 0.6) is 0 Å². The molecular formula is C17H28F6N2O3. The van der Waals surface area contributed by atoms with Crippen molar-refractivity contribution in [3.8, 4) is 0 Å². The number of alkyl halides is 6. The minimum Gasteiger partial charge on any atom is -0.362 e. The first-order valence-corrected chi connectivity index (χ1v) is 8.55. The van der Waals surface area contributed by atoms with Gasteiger partial charge in [0.1, 0.15) is 6.54 Å². The Morgan fingerprint density at radius 3 is 1.43 bits per heavy atom. The van der Waals surface area contributed by atoms with Crippen molar-refractivity contribution in [1.29, 1.82) is 0 Å². The number of aliphatic hydroxyl groups is 1. The van der Waals surface area contributed by atoms with E-state index >= 15 is 0 Å². The van der Waals surface area contributed by atoms with E-state index in [1.165, 1.54) is 41.5 Å². The lowest BCUT2D eigenvalue weighted by molar-refractivity contribution is -0.316. The van der Waals surface area contributed by atoms with Crippen molar-refractivity contribution in [3.63, 3.8) is 0 Å². The normalized spacial score (nSPS) is 15.8. The summed E-state index contributed by atoms with van der Waals surface area (Å²) < 4.78 is 80.1. The maximum Gasteiger partial charge on any atom is 0.438 e. The molecule has 0 aliphatic carbocycles. The van der Waals surface area contributed by atoms with Crippen LogP contribution in [0.1, 0.15) is 48.5 Å². The van der Waals surface area contributed by atoms with E-state index in [0.717, 1.165) is 6.92 Å². The van der Waals surface area contributed by atoms with Crippen molar-refractivity contribution in [3.05, 3.63) is 0 Å². The van der Waals surface area contributed by atoms with Gasteiger partial charge in [0.2, 0.25) is 11.8 Å². The number of halogens is 6. The molecule has 0 aromatic carbocycles. The Morgan fingerprint density at radius 1 is 0.786 bits per heavy atom. The molecule has 0 rings (SSSR count). The van der Waals surface area contributed by atoms with Gasteiger partial charge in [-0.25, -0.2) is 0 Å². The van der Waals surface area contributed by atoms with Gasteiger partial charge in [0, 0.05) is 17.4 Å². The minimum absolute atomic E-state index is 0.0618. The van der Waals surface area contributed by atoms with Gasteiger partial charge in [-0.05, 0) is 6.92 Å². The second-order valence-electron chi connectivity index (χ2n) is 8.64. The highest BCUT2D eigenvalue weighted by atomic mass is 19.4. The van der Waals surface area contributed by atoms with Gasteiger partial charge in [0.25, 0.3) is 5.72 Å². The van der Waals surface area contributed by atoms with Crippen molar-refractivity contribution in [1.82, 2.24) is 9.80 Å². The molecule has 0 aliphatic heterocycles. The van der Waals surface area contributed by atoms with Gasteiger partial charge in [0.15, 0.2) is 0 Å². The van der Waals surface area contributed by atoms with Gasteiger partial charge in [-0.2, -0.15) is 26.3 Å². The summed E-state index contributed by atoms with van der Waals surface area (Å²) in [6.07, 6.45) is -10.5. The zero-order valence-corrected chi connectivity index (χ0v) is 17.0. The maximum atomic E-state index is 13.8. The number of carbonyl (C=O) groups excluding carboxylic acids is 2. The molecule has 0 bridgehead atoms. The highest BCUT2D eigenvalue weighted by molar-refractivity contribution is 5.83. The Labute approximate surface area is 160 Å². The van der Waals surface area contributed by atoms with E-state index in [2.05, 4.69) is 0 Å². The van der Waals surface area contributed by atoms with Crippen LogP contribution < -0.4 is 0 Å². The Balaban J connectivity index is 6.37. The summed E-state index contributed by atoms with van der Waals surface area (Å²) in [7, 11) is 0. The molecule has 0 aromatic rings. The van der Waals surface area contributed by atoms with E-state index in [0.29, 0.717) is 0 Å². The topological polar surface area (TPSA) is 60.9 Å². The van der Waals surface area contributed by atoms with Crippen LogP contribution in [0.3, 0.4) is 0 Å². The van der Waals surface area contributed by atoms with Crippen LogP contribution >= 0.6 is 0 Å². The highest BCUT2D eigenvalue weighted by Gasteiger charge is 2.61. The minimum atomic E-state index is -5.51. The third kappa shape index (κ3) is 6.52. The molecule has 0 saturated carbocycles. The lowest BCUT2D eigenvalue weighted by atomic mass is 9.92. The standard InChI is InChI=1S/C17H28F6N2O3/c1-8-25(12(27)14(5,6)7)15(28,17(21,22)23)9-24(10-16(18,19)20)11(26)13(2,3)4/h28H,8-10H2,1-7H3/t15-/m0/s1. The molecule has 0 saturated heterocycles. The fourth-order valence-electron chi connectivity index (χ4n) is 2.46. The third-order valence-electron chi connectivity index (χ3n) is 3.81. The summed E-state index contributed by atoms with van der Waals surface area (Å²) in [4.78, 5) is 24.8. The molecule has 2 amide bonds. The van der Waals surface area contributed by atoms with E-state index in [4.69, 9.17) is 0 Å². The van der Waals surface area contributed by atoms with Gasteiger partial charge < -0.3 is 14.9 Å². The number of rotatable bonds is 5. The monoisotopic (exact) mass is 422 g/mol. The molecule has 28 heavy (non-hydrogen) atoms. The van der Waals surface area contributed by atoms with Gasteiger partial charge >= 0.3 is 12.4 Å². The molecule has 1 N–H and O–H groups in total. The summed E-state index contributed by atoms with van der Waals surface area (Å²) in [5, 5.41) is 10.4. The van der Waals surface area contributed by atoms with Gasteiger partial charge in [-0.15, -0.1) is 0 Å². The molecule has 11 heteroatoms. The van der Waals surface area contributed by atoms with Crippen LogP contribution in [-0.2, 0) is 9.59 Å². The van der Waals surface area contributed by atoms with Crippen molar-refractivity contribution in [2.24, 2.45) is 10.8 Å². The molecule has 1 atom stereocenters. The van der Waals surface area contributed by atoms with E-state index < -0.39 is 60.4 Å². The quantitative estimate of drug-likeness (QED) is 0.544. The van der Waals surface area contributed by atoms with E-state index in [1.54, 1.807) is 0 Å². The van der Waals surface area contributed by atoms with E-state index in [-0.39, 0.29) is 9.80 Å². The Kier molecular flexibility index (Phi) is 7.64. The van der Waals surface area contributed by atoms with Gasteiger partial charge in [-0.1, -0.05) is 41.5 Å². The summed E-state index contributed by atoms with van der Waals surface area (Å²) in [5.41, 5.74) is -6.78. The highest BCUT2D eigenvalue weighted by Crippen LogP contribution is 2.38. The zero-order valence-electron chi connectivity index (χ0n) is 17.0. The number of hydrogen-bond donors (Lipinski definition) is 1. The molecule has 0 unspecified atom stereocenters. The van der Waals surface area contributed by atoms with Gasteiger partial charge in [-0.3, -0.25) is 9.59 Å². The average Bonchev–Trinajstić information content (AvgIpc) is 2.41. The third-order valence-corrected chi connectivity index (χ3v) is 3.81. The molecule has 0 aliphatic rings. The number of hydrogen-bond acceptors (Lipinski definition) is 3. The van der Waals surface area contributed by atoms with Crippen molar-refractivity contribution in [2.45, 2.75) is 66.5 Å². The summed E-state index contributed by atoms with van der Waals surface area (Å²) >= 11 is 0. The fourth-order valence-corrected chi connectivity index (χ4v) is 2.46. The summed E-state index contributed by atoms with van der Waals surface area (Å²) in [6.45, 7) is 4.41. The molecule has 0 radical (unpaired) electrons. The van der Waals surface area contributed by atoms with Crippen LogP contribution in [0.4, 0.5) is 26.3 Å². The number of likely N-dealkylation sites (N-methyl/N-ethyl adjacent to an activating group) is 1. The van der Waals surface area contributed by atoms with E-state index in [1.807, 2.05) is 0 Å². The van der Waals surface area contributed by atoms with Crippen LogP contribution in [-0.4, -0.2) is 64.4 Å². The molecule has 166 valence electrons. The number of carbonyl (C=O) groups is 2. The molecule has 0 aromatic heterocycles. The smallest absolute Gasteiger partial charge is 0.362 e.